The van der Waals surface area contributed by atoms with Crippen LogP contribution in [0.15, 0.2) is 46.6 Å². The lowest BCUT2D eigenvalue weighted by molar-refractivity contribution is -0.119. The zero-order valence-corrected chi connectivity index (χ0v) is 12.9. The fraction of sp³-hybridized carbons (Fsp3) is 0.200. The Balaban J connectivity index is 1.58. The quantitative estimate of drug-likeness (QED) is 0.721. The van der Waals surface area contributed by atoms with E-state index in [0.717, 1.165) is 22.4 Å². The smallest absolute Gasteiger partial charge is 0.310 e. The van der Waals surface area contributed by atoms with Crippen molar-refractivity contribution in [3.63, 3.8) is 0 Å². The summed E-state index contributed by atoms with van der Waals surface area (Å²) >= 11 is 1.39. The second kappa shape index (κ2) is 5.47. The van der Waals surface area contributed by atoms with Crippen LogP contribution in [0.5, 0.6) is 0 Å². The van der Waals surface area contributed by atoms with Crippen molar-refractivity contribution in [2.24, 2.45) is 0 Å². The third-order valence-corrected chi connectivity index (χ3v) is 4.67. The van der Waals surface area contributed by atoms with Crippen LogP contribution in [0.3, 0.4) is 0 Å². The van der Waals surface area contributed by atoms with Crippen LogP contribution >= 0.6 is 11.3 Å². The minimum atomic E-state index is -0.409. The van der Waals surface area contributed by atoms with Crippen molar-refractivity contribution in [2.75, 3.05) is 11.4 Å². The van der Waals surface area contributed by atoms with E-state index in [1.807, 2.05) is 35.7 Å². The van der Waals surface area contributed by atoms with E-state index in [1.165, 1.54) is 16.0 Å². The van der Waals surface area contributed by atoms with Gasteiger partial charge in [-0.2, -0.15) is 9.36 Å². The third-order valence-electron chi connectivity index (χ3n) is 3.83. The highest BCUT2D eigenvalue weighted by molar-refractivity contribution is 7.12. The molecular weight excluding hydrogens is 314 g/mol. The lowest BCUT2D eigenvalue weighted by atomic mass is 10.2. The molecule has 3 heterocycles. The molecule has 0 spiro atoms. The Morgan fingerprint density at radius 1 is 1.17 bits per heavy atom. The van der Waals surface area contributed by atoms with Crippen LogP contribution in [0.2, 0.25) is 0 Å². The van der Waals surface area contributed by atoms with Crippen LogP contribution in [0.4, 0.5) is 5.69 Å². The maximum absolute atomic E-state index is 12.5. The average molecular weight is 327 g/mol. The van der Waals surface area contributed by atoms with E-state index in [2.05, 4.69) is 10.4 Å². The van der Waals surface area contributed by atoms with Crippen molar-refractivity contribution in [3.8, 4) is 5.00 Å². The minimum absolute atomic E-state index is 0.113. The number of fused-ring (bicyclic) bond motifs is 1. The van der Waals surface area contributed by atoms with Gasteiger partial charge in [0.1, 0.15) is 11.5 Å². The number of benzene rings is 1. The molecule has 23 heavy (non-hydrogen) atoms. The molecule has 1 amide bonds. The van der Waals surface area contributed by atoms with Crippen LogP contribution in [-0.4, -0.2) is 32.2 Å². The maximum Gasteiger partial charge on any atom is 0.369 e. The molecule has 0 fully saturated rings. The van der Waals surface area contributed by atoms with Gasteiger partial charge in [0, 0.05) is 12.2 Å². The van der Waals surface area contributed by atoms with E-state index in [-0.39, 0.29) is 12.5 Å². The molecular formula is C15H13N5O2S. The Kier molecular flexibility index (Phi) is 3.30. The molecule has 0 saturated heterocycles. The molecule has 0 saturated carbocycles. The first kappa shape index (κ1) is 13.9. The lowest BCUT2D eigenvalue weighted by Crippen LogP contribution is -2.36. The number of thiophene rings is 1. The number of carbonyl (C=O) groups excluding carboxylic acids is 1. The highest BCUT2D eigenvalue weighted by Crippen LogP contribution is 2.27. The van der Waals surface area contributed by atoms with Crippen LogP contribution in [0.1, 0.15) is 5.56 Å². The number of tetrazole rings is 1. The Labute approximate surface area is 135 Å². The zero-order chi connectivity index (χ0) is 15.8. The Morgan fingerprint density at radius 3 is 2.87 bits per heavy atom. The largest absolute Gasteiger partial charge is 0.369 e. The standard InChI is InChI=1S/C15H13N5O2S/c21-13(18-8-7-11-4-1-2-5-12(11)18)10-19-15(22)20(17-16-19)14-6-3-9-23-14/h1-6,9H,7-8,10H2. The number of rotatable bonds is 3. The molecule has 0 unspecified atom stereocenters. The van der Waals surface area contributed by atoms with Gasteiger partial charge in [0.15, 0.2) is 0 Å². The predicted octanol–water partition coefficient (Wildman–Crippen LogP) is 1.08. The number of carbonyl (C=O) groups is 1. The van der Waals surface area contributed by atoms with Gasteiger partial charge in [-0.1, -0.05) is 18.2 Å². The van der Waals surface area contributed by atoms with E-state index in [0.29, 0.717) is 11.5 Å². The first-order valence-corrected chi connectivity index (χ1v) is 8.07. The van der Waals surface area contributed by atoms with Crippen molar-refractivity contribution in [1.29, 1.82) is 0 Å². The number of aromatic nitrogens is 4. The molecule has 3 aromatic rings. The fourth-order valence-corrected chi connectivity index (χ4v) is 3.38. The Bertz CT molecular complexity index is 912. The van der Waals surface area contributed by atoms with Gasteiger partial charge in [0.25, 0.3) is 0 Å². The van der Waals surface area contributed by atoms with Crippen molar-refractivity contribution < 1.29 is 4.79 Å². The van der Waals surface area contributed by atoms with Crippen molar-refractivity contribution >= 4 is 22.9 Å². The first-order chi connectivity index (χ1) is 11.2. The summed E-state index contributed by atoms with van der Waals surface area (Å²) in [6.45, 7) is 0.518. The second-order valence-electron chi connectivity index (χ2n) is 5.21. The van der Waals surface area contributed by atoms with Gasteiger partial charge < -0.3 is 4.90 Å². The monoisotopic (exact) mass is 327 g/mol. The highest BCUT2D eigenvalue weighted by Gasteiger charge is 2.25. The van der Waals surface area contributed by atoms with Crippen LogP contribution in [0.25, 0.3) is 5.00 Å². The van der Waals surface area contributed by atoms with Gasteiger partial charge in [-0.3, -0.25) is 4.79 Å². The van der Waals surface area contributed by atoms with Crippen molar-refractivity contribution in [3.05, 3.63) is 57.8 Å². The van der Waals surface area contributed by atoms with Gasteiger partial charge in [-0.25, -0.2) is 4.79 Å². The van der Waals surface area contributed by atoms with E-state index in [4.69, 9.17) is 0 Å². The molecule has 0 N–H and O–H groups in total. The van der Waals surface area contributed by atoms with Crippen LogP contribution in [-0.2, 0) is 17.8 Å². The molecule has 7 nitrogen and oxygen atoms in total. The van der Waals surface area contributed by atoms with Crippen LogP contribution in [0, 0.1) is 0 Å². The number of nitrogens with zero attached hydrogens (tertiary/aromatic N) is 5. The van der Waals surface area contributed by atoms with E-state index >= 15 is 0 Å². The molecule has 4 rings (SSSR count). The number of amides is 1. The lowest BCUT2D eigenvalue weighted by Gasteiger charge is -2.16. The molecule has 0 aliphatic carbocycles. The number of anilines is 1. The Morgan fingerprint density at radius 2 is 2.04 bits per heavy atom. The molecule has 0 radical (unpaired) electrons. The van der Waals surface area contributed by atoms with Gasteiger partial charge >= 0.3 is 5.69 Å². The van der Waals surface area contributed by atoms with Crippen LogP contribution < -0.4 is 10.6 Å². The first-order valence-electron chi connectivity index (χ1n) is 7.19. The summed E-state index contributed by atoms with van der Waals surface area (Å²) in [5, 5.41) is 10.2. The fourth-order valence-electron chi connectivity index (χ4n) is 2.71. The zero-order valence-electron chi connectivity index (χ0n) is 12.1. The normalized spacial score (nSPS) is 13.3. The van der Waals surface area contributed by atoms with Gasteiger partial charge in [-0.15, -0.1) is 11.3 Å². The van der Waals surface area contributed by atoms with Crippen molar-refractivity contribution in [1.82, 2.24) is 19.8 Å². The number of para-hydroxylation sites is 1. The van der Waals surface area contributed by atoms with Gasteiger partial charge in [0.05, 0.1) is 0 Å². The van der Waals surface area contributed by atoms with Gasteiger partial charge in [-0.05, 0) is 46.0 Å². The number of hydrogen-bond donors (Lipinski definition) is 0. The third kappa shape index (κ3) is 2.36. The Hall–Kier alpha value is -2.74. The van der Waals surface area contributed by atoms with E-state index in [1.54, 1.807) is 11.0 Å². The minimum Gasteiger partial charge on any atom is -0.310 e. The maximum atomic E-state index is 12.5. The average Bonchev–Trinajstić information content (AvgIpc) is 3.28. The molecule has 8 heteroatoms. The summed E-state index contributed by atoms with van der Waals surface area (Å²) in [7, 11) is 0. The molecule has 2 aromatic heterocycles. The SMILES string of the molecule is O=C(Cn1nnn(-c2cccs2)c1=O)N1CCc2ccccc21. The summed E-state index contributed by atoms with van der Waals surface area (Å²) in [5.74, 6) is -0.157. The molecule has 0 atom stereocenters. The summed E-state index contributed by atoms with van der Waals surface area (Å²) in [5.41, 5.74) is 1.65. The number of hydrogen-bond acceptors (Lipinski definition) is 5. The molecule has 116 valence electrons. The molecule has 1 aliphatic heterocycles. The van der Waals surface area contributed by atoms with E-state index in [9.17, 15) is 9.59 Å². The summed E-state index contributed by atoms with van der Waals surface area (Å²) in [4.78, 5) is 26.5. The predicted molar refractivity (Wildman–Crippen MR) is 86.0 cm³/mol. The van der Waals surface area contributed by atoms with E-state index < -0.39 is 5.69 Å². The topological polar surface area (TPSA) is 73.0 Å². The highest BCUT2D eigenvalue weighted by atomic mass is 32.1. The van der Waals surface area contributed by atoms with Crippen molar-refractivity contribution in [2.45, 2.75) is 13.0 Å². The molecule has 0 bridgehead atoms. The summed E-state index contributed by atoms with van der Waals surface area (Å²) < 4.78 is 2.30. The summed E-state index contributed by atoms with van der Waals surface area (Å²) in [6, 6.07) is 11.4. The molecule has 1 aliphatic rings. The second-order valence-corrected chi connectivity index (χ2v) is 6.13. The molecule has 1 aromatic carbocycles. The summed E-state index contributed by atoms with van der Waals surface area (Å²) in [6.07, 6.45) is 0.832. The van der Waals surface area contributed by atoms with Gasteiger partial charge in [0.2, 0.25) is 5.91 Å².